The fraction of sp³-hybridized carbons (Fsp3) is 0.667. The molecule has 0 bridgehead atoms. The SMILES string of the molecule is CCOC(=O)[C@H]1[C@H](C(C)(C)C)[C@@H]([N+](=O)[O-])[C@@H](c2ccccc2)N1C(=O)C1CCCCC1. The summed E-state index contributed by atoms with van der Waals surface area (Å²) in [6.45, 7) is 7.58. The number of hydrogen-bond acceptors (Lipinski definition) is 5. The Morgan fingerprint density at radius 2 is 1.74 bits per heavy atom. The predicted molar refractivity (Wildman–Crippen MR) is 117 cm³/mol. The van der Waals surface area contributed by atoms with Gasteiger partial charge in [0, 0.05) is 10.8 Å². The highest BCUT2D eigenvalue weighted by molar-refractivity contribution is 5.87. The summed E-state index contributed by atoms with van der Waals surface area (Å²) >= 11 is 0. The van der Waals surface area contributed by atoms with Crippen molar-refractivity contribution in [2.45, 2.75) is 77.9 Å². The van der Waals surface area contributed by atoms with Gasteiger partial charge in [-0.2, -0.15) is 0 Å². The lowest BCUT2D eigenvalue weighted by molar-refractivity contribution is -0.536. The number of ether oxygens (including phenoxy) is 1. The molecule has 1 heterocycles. The Bertz CT molecular complexity index is 798. The number of hydrogen-bond donors (Lipinski definition) is 0. The molecule has 1 aromatic carbocycles. The predicted octanol–water partition coefficient (Wildman–Crippen LogP) is 4.39. The van der Waals surface area contributed by atoms with Crippen LogP contribution in [0.1, 0.15) is 71.4 Å². The molecule has 4 atom stereocenters. The standard InChI is InChI=1S/C24H34N2O5/c1-5-31-23(28)21-18(24(2,3)4)20(26(29)30)19(16-12-8-6-9-13-16)25(21)22(27)17-14-10-7-11-15-17/h6,8-9,12-13,17-21H,5,7,10-11,14-15H2,1-4H3/t18-,19-,20-,21-/m1/s1. The molecular formula is C24H34N2O5. The molecule has 7 heteroatoms. The largest absolute Gasteiger partial charge is 0.464 e. The van der Waals surface area contributed by atoms with Crippen LogP contribution in [0.15, 0.2) is 30.3 Å². The van der Waals surface area contributed by atoms with Crippen LogP contribution in [0, 0.1) is 27.4 Å². The Hall–Kier alpha value is -2.44. The van der Waals surface area contributed by atoms with Crippen molar-refractivity contribution in [1.29, 1.82) is 0 Å². The van der Waals surface area contributed by atoms with E-state index in [-0.39, 0.29) is 23.4 Å². The Kier molecular flexibility index (Phi) is 7.02. The minimum Gasteiger partial charge on any atom is -0.464 e. The maximum absolute atomic E-state index is 13.8. The van der Waals surface area contributed by atoms with Crippen LogP contribution in [-0.2, 0) is 14.3 Å². The van der Waals surface area contributed by atoms with E-state index in [2.05, 4.69) is 0 Å². The number of amides is 1. The summed E-state index contributed by atoms with van der Waals surface area (Å²) in [5.74, 6) is -1.57. The van der Waals surface area contributed by atoms with Crippen LogP contribution >= 0.6 is 0 Å². The molecule has 1 amide bonds. The Morgan fingerprint density at radius 1 is 1.13 bits per heavy atom. The number of esters is 1. The molecule has 3 rings (SSSR count). The van der Waals surface area contributed by atoms with Crippen LogP contribution in [0.4, 0.5) is 0 Å². The molecule has 0 aromatic heterocycles. The summed E-state index contributed by atoms with van der Waals surface area (Å²) in [4.78, 5) is 40.7. The molecule has 1 aliphatic carbocycles. The van der Waals surface area contributed by atoms with Crippen LogP contribution in [0.2, 0.25) is 0 Å². The topological polar surface area (TPSA) is 89.8 Å². The average molecular weight is 431 g/mol. The number of likely N-dealkylation sites (tertiary alicyclic amines) is 1. The van der Waals surface area contributed by atoms with Crippen molar-refractivity contribution < 1.29 is 19.2 Å². The molecule has 0 unspecified atom stereocenters. The van der Waals surface area contributed by atoms with E-state index in [1.165, 1.54) is 4.90 Å². The first-order valence-corrected chi connectivity index (χ1v) is 11.4. The number of nitro groups is 1. The lowest BCUT2D eigenvalue weighted by Gasteiger charge is -2.35. The van der Waals surface area contributed by atoms with Gasteiger partial charge in [-0.25, -0.2) is 4.79 Å². The van der Waals surface area contributed by atoms with Crippen molar-refractivity contribution in [3.63, 3.8) is 0 Å². The van der Waals surface area contributed by atoms with Crippen LogP contribution in [-0.4, -0.2) is 40.4 Å². The zero-order valence-electron chi connectivity index (χ0n) is 19.0. The second kappa shape index (κ2) is 9.37. The highest BCUT2D eigenvalue weighted by Gasteiger charge is 2.64. The molecular weight excluding hydrogens is 396 g/mol. The zero-order valence-corrected chi connectivity index (χ0v) is 19.0. The molecule has 1 saturated carbocycles. The number of nitrogens with zero attached hydrogens (tertiary/aromatic N) is 2. The van der Waals surface area contributed by atoms with Gasteiger partial charge >= 0.3 is 5.97 Å². The Morgan fingerprint density at radius 3 is 2.26 bits per heavy atom. The molecule has 1 aromatic rings. The second-order valence-electron chi connectivity index (χ2n) is 9.80. The Labute approximate surface area is 184 Å². The van der Waals surface area contributed by atoms with Crippen molar-refractivity contribution in [2.24, 2.45) is 17.3 Å². The molecule has 7 nitrogen and oxygen atoms in total. The summed E-state index contributed by atoms with van der Waals surface area (Å²) in [6.07, 6.45) is 4.54. The molecule has 0 radical (unpaired) electrons. The quantitative estimate of drug-likeness (QED) is 0.393. The summed E-state index contributed by atoms with van der Waals surface area (Å²) in [7, 11) is 0. The summed E-state index contributed by atoms with van der Waals surface area (Å²) < 4.78 is 5.38. The molecule has 0 N–H and O–H groups in total. The van der Waals surface area contributed by atoms with Gasteiger partial charge in [-0.05, 0) is 30.7 Å². The summed E-state index contributed by atoms with van der Waals surface area (Å²) in [5.41, 5.74) is 0.110. The van der Waals surface area contributed by atoms with Gasteiger partial charge in [-0.15, -0.1) is 0 Å². The summed E-state index contributed by atoms with van der Waals surface area (Å²) in [5, 5.41) is 12.4. The van der Waals surface area contributed by atoms with Crippen LogP contribution < -0.4 is 0 Å². The number of carbonyl (C=O) groups excluding carboxylic acids is 2. The highest BCUT2D eigenvalue weighted by Crippen LogP contribution is 2.50. The molecule has 31 heavy (non-hydrogen) atoms. The highest BCUT2D eigenvalue weighted by atomic mass is 16.6. The fourth-order valence-corrected chi connectivity index (χ4v) is 5.46. The summed E-state index contributed by atoms with van der Waals surface area (Å²) in [6, 6.07) is 6.24. The van der Waals surface area contributed by atoms with Crippen LogP contribution in [0.5, 0.6) is 0 Å². The fourth-order valence-electron chi connectivity index (χ4n) is 5.46. The third kappa shape index (κ3) is 4.60. The van der Waals surface area contributed by atoms with Crippen LogP contribution in [0.3, 0.4) is 0 Å². The molecule has 0 spiro atoms. The number of benzene rings is 1. The minimum atomic E-state index is -1.09. The maximum atomic E-state index is 13.8. The molecule has 2 aliphatic rings. The van der Waals surface area contributed by atoms with Crippen LogP contribution in [0.25, 0.3) is 0 Å². The van der Waals surface area contributed by atoms with E-state index in [1.54, 1.807) is 6.92 Å². The van der Waals surface area contributed by atoms with E-state index >= 15 is 0 Å². The van der Waals surface area contributed by atoms with E-state index in [0.29, 0.717) is 5.56 Å². The van der Waals surface area contributed by atoms with Gasteiger partial charge in [0.2, 0.25) is 11.9 Å². The maximum Gasteiger partial charge on any atom is 0.329 e. The van der Waals surface area contributed by atoms with E-state index in [0.717, 1.165) is 32.1 Å². The molecule has 1 saturated heterocycles. The third-order valence-electron chi connectivity index (χ3n) is 6.75. The van der Waals surface area contributed by atoms with E-state index in [4.69, 9.17) is 4.74 Å². The van der Waals surface area contributed by atoms with Crippen molar-refractivity contribution in [2.75, 3.05) is 6.61 Å². The van der Waals surface area contributed by atoms with Gasteiger partial charge in [0.15, 0.2) is 0 Å². The molecule has 170 valence electrons. The smallest absolute Gasteiger partial charge is 0.329 e. The minimum absolute atomic E-state index is 0.148. The van der Waals surface area contributed by atoms with Gasteiger partial charge in [0.25, 0.3) is 0 Å². The van der Waals surface area contributed by atoms with Crippen molar-refractivity contribution >= 4 is 11.9 Å². The average Bonchev–Trinajstić information content (AvgIpc) is 3.12. The van der Waals surface area contributed by atoms with Gasteiger partial charge in [-0.3, -0.25) is 14.9 Å². The number of rotatable bonds is 5. The van der Waals surface area contributed by atoms with Gasteiger partial charge in [0.1, 0.15) is 12.1 Å². The molecule has 1 aliphatic heterocycles. The van der Waals surface area contributed by atoms with Gasteiger partial charge in [0.05, 0.1) is 12.5 Å². The van der Waals surface area contributed by atoms with Crippen molar-refractivity contribution in [3.05, 3.63) is 46.0 Å². The lowest BCUT2D eigenvalue weighted by atomic mass is 9.73. The monoisotopic (exact) mass is 430 g/mol. The van der Waals surface area contributed by atoms with E-state index in [1.807, 2.05) is 51.1 Å². The zero-order chi connectivity index (χ0) is 22.8. The van der Waals surface area contributed by atoms with Crippen molar-refractivity contribution in [3.8, 4) is 0 Å². The first kappa shape index (κ1) is 23.2. The van der Waals surface area contributed by atoms with E-state index in [9.17, 15) is 19.7 Å². The first-order chi connectivity index (χ1) is 14.7. The first-order valence-electron chi connectivity index (χ1n) is 11.4. The van der Waals surface area contributed by atoms with Gasteiger partial charge < -0.3 is 9.64 Å². The molecule has 2 fully saturated rings. The Balaban J connectivity index is 2.18. The lowest BCUT2D eigenvalue weighted by Crippen LogP contribution is -2.49. The van der Waals surface area contributed by atoms with Gasteiger partial charge in [-0.1, -0.05) is 70.4 Å². The van der Waals surface area contributed by atoms with Crippen molar-refractivity contribution in [1.82, 2.24) is 4.90 Å². The van der Waals surface area contributed by atoms with E-state index < -0.39 is 35.4 Å². The number of carbonyl (C=O) groups is 2. The second-order valence-corrected chi connectivity index (χ2v) is 9.80. The third-order valence-corrected chi connectivity index (χ3v) is 6.75. The normalized spacial score (nSPS) is 27.2.